The largest absolute Gasteiger partial charge is 0.481 e. The van der Waals surface area contributed by atoms with Gasteiger partial charge in [-0.2, -0.15) is 0 Å². The molecule has 4 nitrogen and oxygen atoms in total. The molecule has 4 heteroatoms. The molecule has 2 N–H and O–H groups in total. The number of hydrogen-bond donors (Lipinski definition) is 2. The second-order valence-electron chi connectivity index (χ2n) is 6.70. The van der Waals surface area contributed by atoms with Crippen LogP contribution in [0.2, 0.25) is 0 Å². The molecule has 0 bridgehead atoms. The quantitative estimate of drug-likeness (QED) is 0.676. The zero-order valence-corrected chi connectivity index (χ0v) is 13.0. The van der Waals surface area contributed by atoms with Gasteiger partial charge in [-0.05, 0) is 24.7 Å². The van der Waals surface area contributed by atoms with Gasteiger partial charge in [0.25, 0.3) is 0 Å². The van der Waals surface area contributed by atoms with Crippen LogP contribution in [0.5, 0.6) is 0 Å². The molecule has 0 aromatic rings. The number of rotatable bonds is 9. The molecule has 0 saturated carbocycles. The fraction of sp³-hybridized carbons (Fsp3) is 0.867. The second kappa shape index (κ2) is 8.18. The van der Waals surface area contributed by atoms with Gasteiger partial charge in [0.2, 0.25) is 5.91 Å². The SMILES string of the molecule is CC(C)CCCC(C)NC(=O)CC(C)(C)CC(=O)O. The summed E-state index contributed by atoms with van der Waals surface area (Å²) in [5.74, 6) is -0.219. The Morgan fingerprint density at radius 3 is 2.16 bits per heavy atom. The van der Waals surface area contributed by atoms with Gasteiger partial charge in [-0.1, -0.05) is 40.5 Å². The van der Waals surface area contributed by atoms with E-state index in [1.165, 1.54) is 6.42 Å². The van der Waals surface area contributed by atoms with Gasteiger partial charge in [-0.25, -0.2) is 0 Å². The third kappa shape index (κ3) is 10.5. The topological polar surface area (TPSA) is 66.4 Å². The Balaban J connectivity index is 3.99. The highest BCUT2D eigenvalue weighted by molar-refractivity contribution is 5.78. The van der Waals surface area contributed by atoms with Gasteiger partial charge in [0.15, 0.2) is 0 Å². The summed E-state index contributed by atoms with van der Waals surface area (Å²) >= 11 is 0. The predicted molar refractivity (Wildman–Crippen MR) is 76.9 cm³/mol. The van der Waals surface area contributed by atoms with Gasteiger partial charge in [0, 0.05) is 12.5 Å². The minimum atomic E-state index is -0.859. The third-order valence-corrected chi connectivity index (χ3v) is 3.09. The van der Waals surface area contributed by atoms with Gasteiger partial charge in [-0.15, -0.1) is 0 Å². The molecule has 1 unspecified atom stereocenters. The molecule has 1 amide bonds. The second-order valence-corrected chi connectivity index (χ2v) is 6.70. The zero-order valence-electron chi connectivity index (χ0n) is 13.0. The van der Waals surface area contributed by atoms with Crippen LogP contribution in [0.4, 0.5) is 0 Å². The summed E-state index contributed by atoms with van der Waals surface area (Å²) in [6.07, 6.45) is 3.53. The molecule has 0 fully saturated rings. The van der Waals surface area contributed by atoms with Crippen molar-refractivity contribution < 1.29 is 14.7 Å². The monoisotopic (exact) mass is 271 g/mol. The van der Waals surface area contributed by atoms with Crippen molar-refractivity contribution in [2.45, 2.75) is 72.8 Å². The van der Waals surface area contributed by atoms with Gasteiger partial charge < -0.3 is 10.4 Å². The first-order valence-electron chi connectivity index (χ1n) is 7.13. The Kier molecular flexibility index (Phi) is 7.72. The summed E-state index contributed by atoms with van der Waals surface area (Å²) < 4.78 is 0. The molecule has 112 valence electrons. The van der Waals surface area contributed by atoms with E-state index in [0.717, 1.165) is 12.8 Å². The van der Waals surface area contributed by atoms with E-state index in [4.69, 9.17) is 5.11 Å². The van der Waals surface area contributed by atoms with Crippen molar-refractivity contribution in [3.63, 3.8) is 0 Å². The molecule has 0 radical (unpaired) electrons. The van der Waals surface area contributed by atoms with Crippen molar-refractivity contribution in [3.8, 4) is 0 Å². The van der Waals surface area contributed by atoms with Gasteiger partial charge in [-0.3, -0.25) is 9.59 Å². The van der Waals surface area contributed by atoms with Crippen LogP contribution in [-0.2, 0) is 9.59 Å². The Morgan fingerprint density at radius 2 is 1.68 bits per heavy atom. The van der Waals surface area contributed by atoms with Crippen LogP contribution in [0.25, 0.3) is 0 Å². The maximum absolute atomic E-state index is 11.8. The minimum absolute atomic E-state index is 0.0160. The summed E-state index contributed by atoms with van der Waals surface area (Å²) in [5.41, 5.74) is -0.492. The average molecular weight is 271 g/mol. The normalized spacial score (nSPS) is 13.4. The molecule has 0 rings (SSSR count). The smallest absolute Gasteiger partial charge is 0.303 e. The lowest BCUT2D eigenvalue weighted by Gasteiger charge is -2.23. The molecule has 1 atom stereocenters. The van der Waals surface area contributed by atoms with Gasteiger partial charge in [0.05, 0.1) is 6.42 Å². The summed E-state index contributed by atoms with van der Waals surface area (Å²) in [6, 6.07) is 0.159. The molecule has 0 aliphatic rings. The van der Waals surface area contributed by atoms with Crippen LogP contribution in [0, 0.1) is 11.3 Å². The standard InChI is InChI=1S/C15H29NO3/c1-11(2)7-6-8-12(3)16-13(17)9-15(4,5)10-14(18)19/h11-12H,6-10H2,1-5H3,(H,16,17)(H,18,19). The van der Waals surface area contributed by atoms with E-state index in [0.29, 0.717) is 5.92 Å². The van der Waals surface area contributed by atoms with Gasteiger partial charge >= 0.3 is 5.97 Å². The van der Waals surface area contributed by atoms with E-state index in [2.05, 4.69) is 19.2 Å². The van der Waals surface area contributed by atoms with Crippen LogP contribution in [0.3, 0.4) is 0 Å². The number of carbonyl (C=O) groups is 2. The van der Waals surface area contributed by atoms with Crippen LogP contribution in [0.15, 0.2) is 0 Å². The number of carboxylic acid groups (broad SMARTS) is 1. The van der Waals surface area contributed by atoms with E-state index < -0.39 is 11.4 Å². The van der Waals surface area contributed by atoms with Crippen molar-refractivity contribution >= 4 is 11.9 Å². The molecule has 0 aromatic heterocycles. The highest BCUT2D eigenvalue weighted by Crippen LogP contribution is 2.24. The van der Waals surface area contributed by atoms with Crippen LogP contribution >= 0.6 is 0 Å². The molecule has 0 saturated heterocycles. The summed E-state index contributed by atoms with van der Waals surface area (Å²) in [7, 11) is 0. The lowest BCUT2D eigenvalue weighted by Crippen LogP contribution is -2.36. The fourth-order valence-corrected chi connectivity index (χ4v) is 2.14. The highest BCUT2D eigenvalue weighted by atomic mass is 16.4. The van der Waals surface area contributed by atoms with Crippen molar-refractivity contribution in [2.75, 3.05) is 0 Å². The molecule has 0 aliphatic heterocycles. The molecule has 0 spiro atoms. The maximum Gasteiger partial charge on any atom is 0.303 e. The van der Waals surface area contributed by atoms with E-state index in [1.54, 1.807) is 0 Å². The lowest BCUT2D eigenvalue weighted by atomic mass is 9.85. The molecule has 0 aromatic carbocycles. The van der Waals surface area contributed by atoms with Crippen LogP contribution in [0.1, 0.15) is 66.7 Å². The first kappa shape index (κ1) is 17.9. The molecule has 0 heterocycles. The van der Waals surface area contributed by atoms with Crippen molar-refractivity contribution in [1.82, 2.24) is 5.32 Å². The van der Waals surface area contributed by atoms with Crippen LogP contribution < -0.4 is 5.32 Å². The van der Waals surface area contributed by atoms with E-state index in [-0.39, 0.29) is 24.8 Å². The van der Waals surface area contributed by atoms with Crippen molar-refractivity contribution in [1.29, 1.82) is 0 Å². The number of aliphatic carboxylic acids is 1. The first-order valence-corrected chi connectivity index (χ1v) is 7.13. The Labute approximate surface area is 117 Å². The highest BCUT2D eigenvalue weighted by Gasteiger charge is 2.25. The lowest BCUT2D eigenvalue weighted by molar-refractivity contribution is -0.139. The summed E-state index contributed by atoms with van der Waals surface area (Å²) in [5, 5.41) is 11.7. The van der Waals surface area contributed by atoms with Gasteiger partial charge in [0.1, 0.15) is 0 Å². The molecule has 19 heavy (non-hydrogen) atoms. The number of carboxylic acids is 1. The number of nitrogens with one attached hydrogen (secondary N) is 1. The Hall–Kier alpha value is -1.06. The number of carbonyl (C=O) groups excluding carboxylic acids is 1. The van der Waals surface area contributed by atoms with Crippen molar-refractivity contribution in [2.24, 2.45) is 11.3 Å². The molecular formula is C15H29NO3. The molecular weight excluding hydrogens is 242 g/mol. The number of hydrogen-bond acceptors (Lipinski definition) is 2. The summed E-state index contributed by atoms with van der Waals surface area (Å²) in [4.78, 5) is 22.5. The van der Waals surface area contributed by atoms with E-state index in [1.807, 2.05) is 20.8 Å². The Morgan fingerprint density at radius 1 is 1.11 bits per heavy atom. The predicted octanol–water partition coefficient (Wildman–Crippen LogP) is 3.21. The fourth-order valence-electron chi connectivity index (χ4n) is 2.14. The zero-order chi connectivity index (χ0) is 15.1. The Bertz CT molecular complexity index is 298. The third-order valence-electron chi connectivity index (χ3n) is 3.09. The first-order chi connectivity index (χ1) is 8.62. The summed E-state index contributed by atoms with van der Waals surface area (Å²) in [6.45, 7) is 10.0. The van der Waals surface area contributed by atoms with Crippen molar-refractivity contribution in [3.05, 3.63) is 0 Å². The van der Waals surface area contributed by atoms with Crippen LogP contribution in [-0.4, -0.2) is 23.0 Å². The minimum Gasteiger partial charge on any atom is -0.481 e. The maximum atomic E-state index is 11.8. The van der Waals surface area contributed by atoms with E-state index >= 15 is 0 Å². The number of amides is 1. The average Bonchev–Trinajstić information content (AvgIpc) is 2.12. The molecule has 0 aliphatic carbocycles. The van der Waals surface area contributed by atoms with E-state index in [9.17, 15) is 9.59 Å².